The van der Waals surface area contributed by atoms with Gasteiger partial charge in [-0.25, -0.2) is 0 Å². The van der Waals surface area contributed by atoms with Crippen molar-refractivity contribution in [3.63, 3.8) is 0 Å². The highest BCUT2D eigenvalue weighted by Crippen LogP contribution is 2.23. The first kappa shape index (κ1) is 21.6. The first-order valence-corrected chi connectivity index (χ1v) is 10.0. The average molecular weight is 366 g/mol. The van der Waals surface area contributed by atoms with E-state index in [0.29, 0.717) is 24.0 Å². The number of hydrogen-bond acceptors (Lipinski definition) is 4. The van der Waals surface area contributed by atoms with Gasteiger partial charge in [-0.1, -0.05) is 52.0 Å². The smallest absolute Gasteiger partial charge is 0.315 e. The second-order valence-corrected chi connectivity index (χ2v) is 8.11. The number of esters is 1. The molecule has 0 bridgehead atoms. The van der Waals surface area contributed by atoms with Crippen LogP contribution in [-0.4, -0.2) is 30.5 Å². The Balaban J connectivity index is 2.56. The Hall–Kier alpha value is -1.49. The van der Waals surface area contributed by atoms with E-state index in [1.54, 1.807) is 0 Å². The van der Waals surface area contributed by atoms with E-state index in [4.69, 9.17) is 0 Å². The summed E-state index contributed by atoms with van der Waals surface area (Å²) in [7, 11) is 1.37. The Morgan fingerprint density at radius 3 is 2.28 bits per heavy atom. The molecule has 0 aliphatic carbocycles. The van der Waals surface area contributed by atoms with Gasteiger partial charge in [0.15, 0.2) is 0 Å². The molecule has 0 radical (unpaired) electrons. The van der Waals surface area contributed by atoms with Crippen molar-refractivity contribution in [1.29, 1.82) is 0 Å². The predicted molar refractivity (Wildman–Crippen MR) is 105 cm³/mol. The maximum absolute atomic E-state index is 12.2. The summed E-state index contributed by atoms with van der Waals surface area (Å²) in [4.78, 5) is 23.3. The minimum atomic E-state index is -0.257. The molecule has 25 heavy (non-hydrogen) atoms. The van der Waals surface area contributed by atoms with Gasteiger partial charge < -0.3 is 10.1 Å². The van der Waals surface area contributed by atoms with Gasteiger partial charge >= 0.3 is 5.97 Å². The summed E-state index contributed by atoms with van der Waals surface area (Å²) in [6.07, 6.45) is 1.46. The van der Waals surface area contributed by atoms with Gasteiger partial charge in [0.05, 0.1) is 18.9 Å². The van der Waals surface area contributed by atoms with Crippen LogP contribution < -0.4 is 5.32 Å². The van der Waals surface area contributed by atoms with Crippen molar-refractivity contribution in [2.75, 3.05) is 18.6 Å². The van der Waals surface area contributed by atoms with Gasteiger partial charge in [-0.2, -0.15) is 0 Å². The van der Waals surface area contributed by atoms with Crippen molar-refractivity contribution in [3.05, 3.63) is 35.4 Å². The maximum atomic E-state index is 12.2. The molecule has 1 rings (SSSR count). The molecule has 0 fully saturated rings. The highest BCUT2D eigenvalue weighted by atomic mass is 32.2. The third-order valence-electron chi connectivity index (χ3n) is 3.89. The van der Waals surface area contributed by atoms with Crippen LogP contribution in [0.4, 0.5) is 0 Å². The minimum absolute atomic E-state index is 0.00575. The lowest BCUT2D eigenvalue weighted by Gasteiger charge is -2.23. The van der Waals surface area contributed by atoms with Crippen LogP contribution in [0.2, 0.25) is 0 Å². The number of carbonyl (C=O) groups is 2. The molecule has 140 valence electrons. The zero-order valence-corrected chi connectivity index (χ0v) is 16.8. The second-order valence-electron chi connectivity index (χ2n) is 7.01. The van der Waals surface area contributed by atoms with Gasteiger partial charge in [0.2, 0.25) is 5.91 Å². The molecule has 1 aromatic carbocycles. The van der Waals surface area contributed by atoms with Crippen LogP contribution in [0.5, 0.6) is 0 Å². The number of carbonyl (C=O) groups excluding carboxylic acids is 2. The fourth-order valence-corrected chi connectivity index (χ4v) is 3.35. The summed E-state index contributed by atoms with van der Waals surface area (Å²) in [5.41, 5.74) is 2.46. The number of benzene rings is 1. The number of nitrogens with one attached hydrogen (secondary N) is 1. The van der Waals surface area contributed by atoms with E-state index in [0.717, 1.165) is 12.0 Å². The summed E-state index contributed by atoms with van der Waals surface area (Å²) in [5, 5.41) is 3.13. The van der Waals surface area contributed by atoms with E-state index in [2.05, 4.69) is 62.0 Å². The Kier molecular flexibility index (Phi) is 9.65. The molecule has 0 aromatic heterocycles. The number of methoxy groups -OCH3 is 1. The predicted octanol–water partition coefficient (Wildman–Crippen LogP) is 3.99. The normalized spacial score (nSPS) is 12.3. The topological polar surface area (TPSA) is 55.4 Å². The number of rotatable bonds is 10. The Bertz CT molecular complexity index is 540. The van der Waals surface area contributed by atoms with Crippen molar-refractivity contribution in [3.8, 4) is 0 Å². The number of ether oxygens (including phenoxy) is 1. The fraction of sp³-hybridized carbons (Fsp3) is 0.600. The van der Waals surface area contributed by atoms with E-state index in [1.165, 1.54) is 24.4 Å². The fourth-order valence-electron chi connectivity index (χ4n) is 2.59. The van der Waals surface area contributed by atoms with Gasteiger partial charge in [0.1, 0.15) is 0 Å². The van der Waals surface area contributed by atoms with Gasteiger partial charge in [-0.3, -0.25) is 9.59 Å². The van der Waals surface area contributed by atoms with Gasteiger partial charge in [-0.15, -0.1) is 11.8 Å². The van der Waals surface area contributed by atoms with E-state index >= 15 is 0 Å². The average Bonchev–Trinajstić information content (AvgIpc) is 2.56. The molecule has 1 unspecified atom stereocenters. The summed E-state index contributed by atoms with van der Waals surface area (Å²) in [5.74, 6) is 1.60. The molecule has 0 heterocycles. The highest BCUT2D eigenvalue weighted by molar-refractivity contribution is 7.99. The van der Waals surface area contributed by atoms with Crippen molar-refractivity contribution in [1.82, 2.24) is 5.32 Å². The third kappa shape index (κ3) is 8.43. The minimum Gasteiger partial charge on any atom is -0.468 e. The van der Waals surface area contributed by atoms with E-state index in [9.17, 15) is 9.59 Å². The zero-order chi connectivity index (χ0) is 18.8. The van der Waals surface area contributed by atoms with E-state index in [1.807, 2.05) is 0 Å². The van der Waals surface area contributed by atoms with Crippen LogP contribution in [0.1, 0.15) is 51.3 Å². The van der Waals surface area contributed by atoms with Gasteiger partial charge in [0.25, 0.3) is 0 Å². The highest BCUT2D eigenvalue weighted by Gasteiger charge is 2.18. The molecular weight excluding hydrogens is 334 g/mol. The standard InChI is InChI=1S/C20H31NO3S/c1-14(2)12-16-6-8-17(9-7-16)20(15(3)4)21-18(22)10-11-25-13-19(23)24-5/h6-9,14-15,20H,10-13H2,1-5H3,(H,21,22). The molecule has 0 saturated carbocycles. The van der Waals surface area contributed by atoms with E-state index in [-0.39, 0.29) is 23.7 Å². The molecule has 1 atom stereocenters. The molecule has 1 N–H and O–H groups in total. The number of hydrogen-bond donors (Lipinski definition) is 1. The molecular formula is C20H31NO3S. The number of thioether (sulfide) groups is 1. The molecule has 0 aliphatic heterocycles. The first-order valence-electron chi connectivity index (χ1n) is 8.86. The van der Waals surface area contributed by atoms with Crippen molar-refractivity contribution in [2.24, 2.45) is 11.8 Å². The van der Waals surface area contributed by atoms with Crippen LogP contribution in [0, 0.1) is 11.8 Å². The Labute approximate surface area is 156 Å². The molecule has 4 nitrogen and oxygen atoms in total. The van der Waals surface area contributed by atoms with Crippen LogP contribution in [0.3, 0.4) is 0 Å². The summed E-state index contributed by atoms with van der Waals surface area (Å²) >= 11 is 1.42. The van der Waals surface area contributed by atoms with Gasteiger partial charge in [0, 0.05) is 12.2 Å². The molecule has 1 amide bonds. The van der Waals surface area contributed by atoms with Crippen molar-refractivity contribution in [2.45, 2.75) is 46.6 Å². The lowest BCUT2D eigenvalue weighted by atomic mass is 9.93. The van der Waals surface area contributed by atoms with Crippen LogP contribution in [0.25, 0.3) is 0 Å². The molecule has 0 aliphatic rings. The third-order valence-corrected chi connectivity index (χ3v) is 4.82. The zero-order valence-electron chi connectivity index (χ0n) is 16.0. The Morgan fingerprint density at radius 2 is 1.76 bits per heavy atom. The monoisotopic (exact) mass is 365 g/mol. The summed E-state index contributed by atoms with van der Waals surface area (Å²) < 4.78 is 4.58. The molecule has 1 aromatic rings. The van der Waals surface area contributed by atoms with Crippen LogP contribution in [-0.2, 0) is 20.7 Å². The first-order chi connectivity index (χ1) is 11.8. The van der Waals surface area contributed by atoms with Crippen molar-refractivity contribution >= 4 is 23.6 Å². The second kappa shape index (κ2) is 11.2. The largest absolute Gasteiger partial charge is 0.468 e. The maximum Gasteiger partial charge on any atom is 0.315 e. The number of amides is 1. The summed E-state index contributed by atoms with van der Waals surface area (Å²) in [6.45, 7) is 8.64. The lowest BCUT2D eigenvalue weighted by molar-refractivity contribution is -0.137. The molecule has 0 saturated heterocycles. The van der Waals surface area contributed by atoms with E-state index < -0.39 is 0 Å². The van der Waals surface area contributed by atoms with Gasteiger partial charge in [-0.05, 0) is 29.4 Å². The summed E-state index contributed by atoms with van der Waals surface area (Å²) in [6, 6.07) is 8.56. The molecule has 0 spiro atoms. The Morgan fingerprint density at radius 1 is 1.12 bits per heavy atom. The SMILES string of the molecule is COC(=O)CSCCC(=O)NC(c1ccc(CC(C)C)cc1)C(C)C. The van der Waals surface area contributed by atoms with Crippen LogP contribution in [0.15, 0.2) is 24.3 Å². The quantitative estimate of drug-likeness (QED) is 0.503. The lowest BCUT2D eigenvalue weighted by Crippen LogP contribution is -2.32. The van der Waals surface area contributed by atoms with Crippen LogP contribution >= 0.6 is 11.8 Å². The van der Waals surface area contributed by atoms with Crippen molar-refractivity contribution < 1.29 is 14.3 Å². The molecule has 5 heteroatoms.